The summed E-state index contributed by atoms with van der Waals surface area (Å²) >= 11 is 0.681. The second-order valence-corrected chi connectivity index (χ2v) is 4.81. The molecule has 13 heavy (non-hydrogen) atoms. The Balaban J connectivity index is 3.29. The molecule has 0 aliphatic carbocycles. The Morgan fingerprint density at radius 2 is 2.31 bits per heavy atom. The average molecular weight is 219 g/mol. The summed E-state index contributed by atoms with van der Waals surface area (Å²) in [7, 11) is -2.82. The van der Waals surface area contributed by atoms with Crippen molar-refractivity contribution >= 4 is 27.3 Å². The fourth-order valence-corrected chi connectivity index (χ4v) is 2.30. The van der Waals surface area contributed by atoms with Gasteiger partial charge in [-0.1, -0.05) is 11.3 Å². The van der Waals surface area contributed by atoms with E-state index in [4.69, 9.17) is 11.0 Å². The number of nitrogens with two attached hydrogens (primary N) is 1. The van der Waals surface area contributed by atoms with Crippen molar-refractivity contribution in [3.63, 3.8) is 0 Å². The van der Waals surface area contributed by atoms with Gasteiger partial charge in [-0.2, -0.15) is 13.7 Å². The molecule has 2 N–H and O–H groups in total. The lowest BCUT2D eigenvalue weighted by molar-refractivity contribution is 0.397. The smallest absolute Gasteiger partial charge is 0.324 e. The minimum atomic E-state index is -3.83. The van der Waals surface area contributed by atoms with Crippen molar-refractivity contribution in [3.8, 4) is 6.07 Å². The molecule has 0 saturated heterocycles. The van der Waals surface area contributed by atoms with E-state index in [1.165, 1.54) is 0 Å². The maximum absolute atomic E-state index is 11.0. The van der Waals surface area contributed by atoms with Crippen molar-refractivity contribution in [2.45, 2.75) is 4.34 Å². The molecule has 0 aromatic carbocycles. The Kier molecular flexibility index (Phi) is 2.51. The molecular weight excluding hydrogens is 214 g/mol. The van der Waals surface area contributed by atoms with E-state index in [-0.39, 0.29) is 15.0 Å². The lowest BCUT2D eigenvalue weighted by Gasteiger charge is -1.92. The predicted octanol–water partition coefficient (Wildman–Crippen LogP) is -0.0679. The third-order valence-electron chi connectivity index (χ3n) is 1.17. The zero-order chi connectivity index (χ0) is 10.1. The Morgan fingerprint density at radius 1 is 1.69 bits per heavy atom. The van der Waals surface area contributed by atoms with Gasteiger partial charge in [0.25, 0.3) is 0 Å². The number of aromatic nitrogens is 1. The Morgan fingerprint density at radius 3 is 2.69 bits per heavy atom. The van der Waals surface area contributed by atoms with Crippen LogP contribution < -0.4 is 5.73 Å². The van der Waals surface area contributed by atoms with Gasteiger partial charge in [-0.25, -0.2) is 4.98 Å². The molecule has 0 atom stereocenters. The Bertz CT molecular complexity index is 456. The molecule has 0 aliphatic heterocycles. The van der Waals surface area contributed by atoms with Gasteiger partial charge in [-0.15, -0.1) is 0 Å². The Labute approximate surface area is 78.7 Å². The molecule has 1 aromatic rings. The zero-order valence-corrected chi connectivity index (χ0v) is 8.15. The molecule has 1 heterocycles. The fraction of sp³-hybridized carbons (Fsp3) is 0.200. The molecule has 0 fully saturated rings. The minimum Gasteiger partial charge on any atom is -0.382 e. The summed E-state index contributed by atoms with van der Waals surface area (Å²) in [4.78, 5) is 3.55. The van der Waals surface area contributed by atoms with Crippen LogP contribution in [0.1, 0.15) is 4.88 Å². The number of hydrogen-bond acceptors (Lipinski definition) is 7. The number of rotatable bonds is 2. The van der Waals surface area contributed by atoms with Gasteiger partial charge in [0.15, 0.2) is 5.82 Å². The maximum Gasteiger partial charge on any atom is 0.324 e. The number of nitrogens with zero attached hydrogens (tertiary/aromatic N) is 2. The molecule has 0 radical (unpaired) electrons. The van der Waals surface area contributed by atoms with Crippen LogP contribution in [0.2, 0.25) is 0 Å². The summed E-state index contributed by atoms with van der Waals surface area (Å²) in [5.74, 6) is -0.0943. The molecule has 8 heteroatoms. The first-order valence-electron chi connectivity index (χ1n) is 2.98. The van der Waals surface area contributed by atoms with Gasteiger partial charge in [-0.05, 0) is 0 Å². The van der Waals surface area contributed by atoms with Crippen LogP contribution in [0.3, 0.4) is 0 Å². The van der Waals surface area contributed by atoms with Crippen LogP contribution in [0.4, 0.5) is 5.82 Å². The lowest BCUT2D eigenvalue weighted by atomic mass is 10.6. The molecule has 0 bridgehead atoms. The van der Waals surface area contributed by atoms with E-state index in [0.29, 0.717) is 11.3 Å². The van der Waals surface area contributed by atoms with E-state index in [1.54, 1.807) is 6.07 Å². The molecular formula is C5H5N3O3S2. The predicted molar refractivity (Wildman–Crippen MR) is 45.4 cm³/mol. The van der Waals surface area contributed by atoms with Gasteiger partial charge < -0.3 is 5.73 Å². The van der Waals surface area contributed by atoms with E-state index in [0.717, 1.165) is 7.11 Å². The van der Waals surface area contributed by atoms with Crippen molar-refractivity contribution in [2.75, 3.05) is 12.8 Å². The third kappa shape index (κ3) is 1.77. The monoisotopic (exact) mass is 219 g/mol. The van der Waals surface area contributed by atoms with Crippen LogP contribution in [-0.2, 0) is 14.3 Å². The number of thiazole rings is 1. The van der Waals surface area contributed by atoms with E-state index >= 15 is 0 Å². The summed E-state index contributed by atoms with van der Waals surface area (Å²) in [6.07, 6.45) is 0. The minimum absolute atomic E-state index is 0.0654. The van der Waals surface area contributed by atoms with Crippen molar-refractivity contribution in [3.05, 3.63) is 4.88 Å². The van der Waals surface area contributed by atoms with E-state index < -0.39 is 10.1 Å². The summed E-state index contributed by atoms with van der Waals surface area (Å²) in [6, 6.07) is 1.72. The van der Waals surface area contributed by atoms with Gasteiger partial charge in [-0.3, -0.25) is 4.18 Å². The van der Waals surface area contributed by atoms with E-state index in [9.17, 15) is 8.42 Å². The second-order valence-electron chi connectivity index (χ2n) is 1.93. The second kappa shape index (κ2) is 3.29. The van der Waals surface area contributed by atoms with Crippen LogP contribution in [0.25, 0.3) is 0 Å². The third-order valence-corrected chi connectivity index (χ3v) is 3.76. The number of nitrogen functional groups attached to an aromatic ring is 1. The molecule has 0 aliphatic rings. The highest BCUT2D eigenvalue weighted by atomic mass is 32.3. The fourth-order valence-electron chi connectivity index (χ4n) is 0.570. The first kappa shape index (κ1) is 9.91. The van der Waals surface area contributed by atoms with Crippen molar-refractivity contribution in [1.29, 1.82) is 5.26 Å². The molecule has 0 saturated carbocycles. The van der Waals surface area contributed by atoms with Crippen LogP contribution in [0.5, 0.6) is 0 Å². The summed E-state index contributed by atoms with van der Waals surface area (Å²) in [5, 5.41) is 8.47. The topological polar surface area (TPSA) is 106 Å². The first-order valence-corrected chi connectivity index (χ1v) is 5.20. The summed E-state index contributed by atoms with van der Waals surface area (Å²) in [5.41, 5.74) is 5.26. The normalized spacial score (nSPS) is 11.1. The zero-order valence-electron chi connectivity index (χ0n) is 6.51. The summed E-state index contributed by atoms with van der Waals surface area (Å²) in [6.45, 7) is 0. The first-order chi connectivity index (χ1) is 6.01. The van der Waals surface area contributed by atoms with Crippen molar-refractivity contribution in [2.24, 2.45) is 0 Å². The van der Waals surface area contributed by atoms with Crippen LogP contribution in [0.15, 0.2) is 4.34 Å². The van der Waals surface area contributed by atoms with E-state index in [2.05, 4.69) is 9.17 Å². The number of nitriles is 1. The van der Waals surface area contributed by atoms with Gasteiger partial charge in [0.05, 0.1) is 7.11 Å². The molecule has 0 amide bonds. The van der Waals surface area contributed by atoms with Crippen LogP contribution >= 0.6 is 11.3 Å². The lowest BCUT2D eigenvalue weighted by Crippen LogP contribution is -2.02. The molecule has 1 aromatic heterocycles. The molecule has 0 unspecified atom stereocenters. The number of anilines is 1. The Hall–Kier alpha value is -1.17. The quantitative estimate of drug-likeness (QED) is 0.698. The highest BCUT2D eigenvalue weighted by Gasteiger charge is 2.20. The molecule has 70 valence electrons. The number of hydrogen-bond donors (Lipinski definition) is 1. The largest absolute Gasteiger partial charge is 0.382 e. The molecule has 6 nitrogen and oxygen atoms in total. The molecule has 0 spiro atoms. The highest BCUT2D eigenvalue weighted by molar-refractivity contribution is 7.88. The van der Waals surface area contributed by atoms with Gasteiger partial charge in [0.1, 0.15) is 10.9 Å². The highest BCUT2D eigenvalue weighted by Crippen LogP contribution is 2.24. The SMILES string of the molecule is COS(=O)(=O)c1nc(N)c(C#N)s1. The van der Waals surface area contributed by atoms with Gasteiger partial charge in [0.2, 0.25) is 4.34 Å². The standard InChI is InChI=1S/C5H5N3O3S2/c1-11-13(9,10)5-8-4(7)3(2-6)12-5/h7H2,1H3. The molecule has 1 rings (SSSR count). The van der Waals surface area contributed by atoms with Crippen LogP contribution in [-0.4, -0.2) is 20.5 Å². The van der Waals surface area contributed by atoms with Gasteiger partial charge >= 0.3 is 10.1 Å². The van der Waals surface area contributed by atoms with Gasteiger partial charge in [0, 0.05) is 0 Å². The van der Waals surface area contributed by atoms with Crippen molar-refractivity contribution < 1.29 is 12.6 Å². The van der Waals surface area contributed by atoms with Crippen LogP contribution in [0, 0.1) is 11.3 Å². The van der Waals surface area contributed by atoms with E-state index in [1.807, 2.05) is 0 Å². The average Bonchev–Trinajstić information content (AvgIpc) is 2.47. The van der Waals surface area contributed by atoms with Crippen molar-refractivity contribution in [1.82, 2.24) is 4.98 Å². The summed E-state index contributed by atoms with van der Waals surface area (Å²) < 4.78 is 26.0. The maximum atomic E-state index is 11.0.